The third-order valence-electron chi connectivity index (χ3n) is 4.47. The van der Waals surface area contributed by atoms with Gasteiger partial charge in [-0.25, -0.2) is 0 Å². The van der Waals surface area contributed by atoms with Crippen molar-refractivity contribution in [1.82, 2.24) is 0 Å². The molecule has 0 saturated heterocycles. The first kappa shape index (κ1) is 15.1. The third kappa shape index (κ3) is 2.40. The number of aryl methyl sites for hydroxylation is 1. The van der Waals surface area contributed by atoms with Crippen molar-refractivity contribution < 1.29 is 14.9 Å². The SMILES string of the molecule is C=C(C)/C=C\C1=C(CO)OCC2(O)Cc3ccc(C)cc3C12. The van der Waals surface area contributed by atoms with E-state index in [1.165, 1.54) is 5.56 Å². The van der Waals surface area contributed by atoms with Gasteiger partial charge in [0.15, 0.2) is 0 Å². The molecule has 0 amide bonds. The van der Waals surface area contributed by atoms with Gasteiger partial charge in [0, 0.05) is 17.9 Å². The molecule has 2 atom stereocenters. The van der Waals surface area contributed by atoms with Gasteiger partial charge in [-0.05, 0) is 25.0 Å². The molecular weight excluding hydrogens is 276 g/mol. The second kappa shape index (κ2) is 5.41. The van der Waals surface area contributed by atoms with Gasteiger partial charge < -0.3 is 14.9 Å². The summed E-state index contributed by atoms with van der Waals surface area (Å²) in [5.74, 6) is 0.385. The number of hydrogen-bond acceptors (Lipinski definition) is 3. The minimum atomic E-state index is -0.941. The maximum Gasteiger partial charge on any atom is 0.125 e. The lowest BCUT2D eigenvalue weighted by Crippen LogP contribution is -2.43. The van der Waals surface area contributed by atoms with Crippen LogP contribution in [-0.4, -0.2) is 29.0 Å². The fraction of sp³-hybridized carbons (Fsp3) is 0.368. The van der Waals surface area contributed by atoms with Crippen molar-refractivity contribution in [1.29, 1.82) is 0 Å². The molecule has 116 valence electrons. The molecule has 0 radical (unpaired) electrons. The van der Waals surface area contributed by atoms with Crippen LogP contribution in [0.1, 0.15) is 29.5 Å². The standard InChI is InChI=1S/C19H22O3/c1-12(2)4-7-15-17(10-20)22-11-19(21)9-14-6-5-13(3)8-16(14)18(15)19/h4-8,18,20-21H,1,9-11H2,2-3H3/b7-4-. The van der Waals surface area contributed by atoms with Crippen LogP contribution in [0.3, 0.4) is 0 Å². The van der Waals surface area contributed by atoms with Crippen molar-refractivity contribution >= 4 is 0 Å². The van der Waals surface area contributed by atoms with Gasteiger partial charge in [-0.3, -0.25) is 0 Å². The fourth-order valence-corrected chi connectivity index (χ4v) is 3.47. The number of hydrogen-bond donors (Lipinski definition) is 2. The van der Waals surface area contributed by atoms with Crippen LogP contribution in [0.15, 0.2) is 53.8 Å². The number of allylic oxidation sites excluding steroid dienone is 3. The predicted octanol–water partition coefficient (Wildman–Crippen LogP) is 2.77. The smallest absolute Gasteiger partial charge is 0.125 e. The van der Waals surface area contributed by atoms with Gasteiger partial charge in [0.1, 0.15) is 24.6 Å². The predicted molar refractivity (Wildman–Crippen MR) is 86.6 cm³/mol. The summed E-state index contributed by atoms with van der Waals surface area (Å²) in [6.45, 7) is 7.89. The van der Waals surface area contributed by atoms with Crippen molar-refractivity contribution in [3.63, 3.8) is 0 Å². The molecule has 2 aliphatic rings. The fourth-order valence-electron chi connectivity index (χ4n) is 3.47. The molecule has 0 aromatic heterocycles. The Balaban J connectivity index is 2.15. The molecule has 1 heterocycles. The normalized spacial score (nSPS) is 26.8. The molecule has 0 spiro atoms. The van der Waals surface area contributed by atoms with E-state index in [9.17, 15) is 10.2 Å². The molecule has 0 saturated carbocycles. The monoisotopic (exact) mass is 298 g/mol. The molecule has 2 N–H and O–H groups in total. The second-order valence-electron chi connectivity index (χ2n) is 6.42. The summed E-state index contributed by atoms with van der Waals surface area (Å²) in [5.41, 5.74) is 4.29. The molecule has 0 fully saturated rings. The number of benzene rings is 1. The van der Waals surface area contributed by atoms with Crippen LogP contribution in [0.25, 0.3) is 0 Å². The Bertz CT molecular complexity index is 684. The zero-order valence-corrected chi connectivity index (χ0v) is 13.1. The van der Waals surface area contributed by atoms with E-state index in [0.717, 1.165) is 22.3 Å². The van der Waals surface area contributed by atoms with Crippen LogP contribution in [-0.2, 0) is 11.2 Å². The first-order chi connectivity index (χ1) is 10.4. The summed E-state index contributed by atoms with van der Waals surface area (Å²) < 4.78 is 5.65. The molecule has 22 heavy (non-hydrogen) atoms. The van der Waals surface area contributed by atoms with Crippen LogP contribution in [0, 0.1) is 6.92 Å². The molecule has 1 aromatic rings. The van der Waals surface area contributed by atoms with Gasteiger partial charge in [-0.1, -0.05) is 48.1 Å². The molecule has 3 nitrogen and oxygen atoms in total. The minimum absolute atomic E-state index is 0.158. The first-order valence-electron chi connectivity index (χ1n) is 7.57. The lowest BCUT2D eigenvalue weighted by Gasteiger charge is -2.37. The van der Waals surface area contributed by atoms with Crippen LogP contribution in [0.5, 0.6) is 0 Å². The molecule has 3 rings (SSSR count). The van der Waals surface area contributed by atoms with E-state index in [-0.39, 0.29) is 19.1 Å². The highest BCUT2D eigenvalue weighted by molar-refractivity contribution is 5.52. The molecule has 1 aliphatic heterocycles. The van der Waals surface area contributed by atoms with Crippen LogP contribution < -0.4 is 0 Å². The van der Waals surface area contributed by atoms with E-state index in [1.807, 2.05) is 19.1 Å². The van der Waals surface area contributed by atoms with Crippen molar-refractivity contribution in [2.75, 3.05) is 13.2 Å². The molecule has 1 aliphatic carbocycles. The van der Waals surface area contributed by atoms with Gasteiger partial charge in [0.05, 0.1) is 0 Å². The maximum atomic E-state index is 11.1. The van der Waals surface area contributed by atoms with Gasteiger partial charge in [0.2, 0.25) is 0 Å². The van der Waals surface area contributed by atoms with Gasteiger partial charge in [-0.2, -0.15) is 0 Å². The molecular formula is C19H22O3. The Morgan fingerprint density at radius 3 is 2.95 bits per heavy atom. The summed E-state index contributed by atoms with van der Waals surface area (Å²) in [4.78, 5) is 0. The largest absolute Gasteiger partial charge is 0.492 e. The average molecular weight is 298 g/mol. The number of aliphatic hydroxyl groups excluding tert-OH is 1. The Morgan fingerprint density at radius 2 is 2.27 bits per heavy atom. The minimum Gasteiger partial charge on any atom is -0.492 e. The Labute approximate surface area is 131 Å². The first-order valence-corrected chi connectivity index (χ1v) is 7.57. The van der Waals surface area contributed by atoms with Gasteiger partial charge >= 0.3 is 0 Å². The van der Waals surface area contributed by atoms with E-state index in [1.54, 1.807) is 0 Å². The van der Waals surface area contributed by atoms with Crippen LogP contribution in [0.4, 0.5) is 0 Å². The van der Waals surface area contributed by atoms with Crippen molar-refractivity contribution in [3.8, 4) is 0 Å². The molecule has 1 aromatic carbocycles. The van der Waals surface area contributed by atoms with Crippen LogP contribution in [0.2, 0.25) is 0 Å². The zero-order valence-electron chi connectivity index (χ0n) is 13.1. The van der Waals surface area contributed by atoms with Crippen molar-refractivity contribution in [2.24, 2.45) is 0 Å². The highest BCUT2D eigenvalue weighted by atomic mass is 16.5. The van der Waals surface area contributed by atoms with Crippen LogP contribution >= 0.6 is 0 Å². The quantitative estimate of drug-likeness (QED) is 0.844. The van der Waals surface area contributed by atoms with E-state index in [2.05, 4.69) is 31.7 Å². The van der Waals surface area contributed by atoms with E-state index >= 15 is 0 Å². The maximum absolute atomic E-state index is 11.1. The van der Waals surface area contributed by atoms with Gasteiger partial charge in [0.25, 0.3) is 0 Å². The number of rotatable bonds is 3. The summed E-state index contributed by atoms with van der Waals surface area (Å²) in [7, 11) is 0. The summed E-state index contributed by atoms with van der Waals surface area (Å²) in [6, 6.07) is 6.28. The lowest BCUT2D eigenvalue weighted by atomic mass is 9.79. The zero-order chi connectivity index (χ0) is 15.9. The summed E-state index contributed by atoms with van der Waals surface area (Å²) >= 11 is 0. The number of ether oxygens (including phenoxy) is 1. The van der Waals surface area contributed by atoms with Crippen molar-refractivity contribution in [2.45, 2.75) is 31.8 Å². The van der Waals surface area contributed by atoms with Gasteiger partial charge in [-0.15, -0.1) is 0 Å². The average Bonchev–Trinajstić information content (AvgIpc) is 2.76. The summed E-state index contributed by atoms with van der Waals surface area (Å²) in [5, 5.41) is 20.7. The Hall–Kier alpha value is -1.84. The van der Waals surface area contributed by atoms with E-state index in [4.69, 9.17) is 4.74 Å². The Kier molecular flexibility index (Phi) is 3.71. The number of fused-ring (bicyclic) bond motifs is 3. The number of aliphatic hydroxyl groups is 2. The highest BCUT2D eigenvalue weighted by Crippen LogP contribution is 2.49. The third-order valence-corrected chi connectivity index (χ3v) is 4.47. The molecule has 0 bridgehead atoms. The Morgan fingerprint density at radius 1 is 1.50 bits per heavy atom. The summed E-state index contributed by atoms with van der Waals surface area (Å²) in [6.07, 6.45) is 4.39. The van der Waals surface area contributed by atoms with Crippen molar-refractivity contribution in [3.05, 3.63) is 70.5 Å². The highest BCUT2D eigenvalue weighted by Gasteiger charge is 2.50. The van der Waals surface area contributed by atoms with E-state index < -0.39 is 5.60 Å². The van der Waals surface area contributed by atoms with E-state index in [0.29, 0.717) is 12.2 Å². The lowest BCUT2D eigenvalue weighted by molar-refractivity contribution is -0.0510. The molecule has 2 unspecified atom stereocenters. The topological polar surface area (TPSA) is 49.7 Å². The second-order valence-corrected chi connectivity index (χ2v) is 6.42. The molecule has 3 heteroatoms.